The molecule has 3 saturated heterocycles. The van der Waals surface area contributed by atoms with Crippen molar-refractivity contribution in [2.45, 2.75) is 18.9 Å². The summed E-state index contributed by atoms with van der Waals surface area (Å²) in [5.41, 5.74) is 2.69. The minimum atomic E-state index is -0.110. The maximum atomic E-state index is 12.4. The number of hydrogen-bond donors (Lipinski definition) is 1. The Morgan fingerprint density at radius 2 is 1.63 bits per heavy atom. The van der Waals surface area contributed by atoms with E-state index in [-0.39, 0.29) is 18.3 Å². The number of carbonyl (C=O) groups is 1. The zero-order valence-corrected chi connectivity index (χ0v) is 16.4. The number of ether oxygens (including phenoxy) is 1. The van der Waals surface area contributed by atoms with Gasteiger partial charge in [-0.2, -0.15) is 0 Å². The van der Waals surface area contributed by atoms with E-state index in [9.17, 15) is 4.79 Å². The lowest BCUT2D eigenvalue weighted by molar-refractivity contribution is 0.102. The standard InChI is InChI=1S/C21H25N3O2.ClH/c1-26-20-8-2-16(3-9-20)21(25)22-17-4-6-18(7-5-17)24-15-14-23-12-10-19(24)11-13-23;/h2-9,19H,10-15H2,1H3,(H,22,25);1H. The maximum Gasteiger partial charge on any atom is 0.255 e. The third kappa shape index (κ3) is 4.37. The molecule has 2 bridgehead atoms. The van der Waals surface area contributed by atoms with Gasteiger partial charge in [-0.1, -0.05) is 0 Å². The van der Waals surface area contributed by atoms with Gasteiger partial charge in [0.05, 0.1) is 7.11 Å². The van der Waals surface area contributed by atoms with E-state index in [2.05, 4.69) is 27.2 Å². The summed E-state index contributed by atoms with van der Waals surface area (Å²) in [6.45, 7) is 4.67. The Morgan fingerprint density at radius 1 is 0.963 bits per heavy atom. The number of methoxy groups -OCH3 is 1. The Bertz CT molecular complexity index is 756. The first-order valence-electron chi connectivity index (χ1n) is 9.27. The average molecular weight is 388 g/mol. The first-order chi connectivity index (χ1) is 12.7. The van der Waals surface area contributed by atoms with Gasteiger partial charge in [0, 0.05) is 49.2 Å². The van der Waals surface area contributed by atoms with Crippen molar-refractivity contribution in [1.29, 1.82) is 0 Å². The molecule has 3 aliphatic heterocycles. The predicted octanol–water partition coefficient (Wildman–Crippen LogP) is 3.65. The van der Waals surface area contributed by atoms with E-state index in [1.54, 1.807) is 31.4 Å². The van der Waals surface area contributed by atoms with E-state index < -0.39 is 0 Å². The van der Waals surface area contributed by atoms with Crippen LogP contribution in [-0.4, -0.2) is 50.1 Å². The minimum absolute atomic E-state index is 0. The van der Waals surface area contributed by atoms with Crippen LogP contribution in [0.2, 0.25) is 0 Å². The summed E-state index contributed by atoms with van der Waals surface area (Å²) in [6.07, 6.45) is 2.49. The molecule has 0 unspecified atom stereocenters. The highest BCUT2D eigenvalue weighted by atomic mass is 35.5. The molecule has 1 amide bonds. The zero-order valence-electron chi connectivity index (χ0n) is 15.6. The molecule has 0 atom stereocenters. The van der Waals surface area contributed by atoms with Gasteiger partial charge in [-0.05, 0) is 61.4 Å². The van der Waals surface area contributed by atoms with Crippen LogP contribution in [0, 0.1) is 0 Å². The molecule has 6 heteroatoms. The Labute approximate surface area is 166 Å². The zero-order chi connectivity index (χ0) is 17.9. The summed E-state index contributed by atoms with van der Waals surface area (Å²) in [4.78, 5) is 17.5. The monoisotopic (exact) mass is 387 g/mol. The van der Waals surface area contributed by atoms with Gasteiger partial charge in [-0.25, -0.2) is 0 Å². The predicted molar refractivity (Wildman–Crippen MR) is 111 cm³/mol. The molecule has 0 aliphatic carbocycles. The fourth-order valence-corrected chi connectivity index (χ4v) is 3.91. The van der Waals surface area contributed by atoms with Crippen molar-refractivity contribution in [2.75, 3.05) is 43.5 Å². The highest BCUT2D eigenvalue weighted by molar-refractivity contribution is 6.04. The fraction of sp³-hybridized carbons (Fsp3) is 0.381. The van der Waals surface area contributed by atoms with Crippen LogP contribution in [0.3, 0.4) is 0 Å². The summed E-state index contributed by atoms with van der Waals surface area (Å²) in [7, 11) is 1.62. The number of amides is 1. The molecule has 3 fully saturated rings. The second-order valence-corrected chi connectivity index (χ2v) is 7.00. The Kier molecular flexibility index (Phi) is 6.24. The van der Waals surface area contributed by atoms with Crippen molar-refractivity contribution in [3.8, 4) is 5.75 Å². The quantitative estimate of drug-likeness (QED) is 0.869. The first-order valence-corrected chi connectivity index (χ1v) is 9.27. The molecule has 27 heavy (non-hydrogen) atoms. The van der Waals surface area contributed by atoms with E-state index in [1.807, 2.05) is 12.1 Å². The number of halogens is 1. The summed E-state index contributed by atoms with van der Waals surface area (Å²) in [6, 6.07) is 16.0. The number of carbonyl (C=O) groups excluding carboxylic acids is 1. The summed E-state index contributed by atoms with van der Waals surface area (Å²) in [5, 5.41) is 2.97. The van der Waals surface area contributed by atoms with Crippen molar-refractivity contribution < 1.29 is 9.53 Å². The molecule has 3 aliphatic rings. The molecule has 2 aromatic carbocycles. The van der Waals surface area contributed by atoms with Gasteiger partial charge in [0.25, 0.3) is 5.91 Å². The molecule has 144 valence electrons. The van der Waals surface area contributed by atoms with Crippen LogP contribution in [0.4, 0.5) is 11.4 Å². The van der Waals surface area contributed by atoms with Crippen LogP contribution in [0.25, 0.3) is 0 Å². The van der Waals surface area contributed by atoms with E-state index >= 15 is 0 Å². The minimum Gasteiger partial charge on any atom is -0.497 e. The summed E-state index contributed by atoms with van der Waals surface area (Å²) < 4.78 is 5.13. The number of nitrogens with zero attached hydrogens (tertiary/aromatic N) is 2. The Balaban J connectivity index is 0.00000210. The second kappa shape index (κ2) is 8.63. The summed E-state index contributed by atoms with van der Waals surface area (Å²) >= 11 is 0. The van der Waals surface area contributed by atoms with E-state index in [0.29, 0.717) is 11.6 Å². The molecular formula is C21H26ClN3O2. The second-order valence-electron chi connectivity index (χ2n) is 7.00. The van der Waals surface area contributed by atoms with Crippen LogP contribution in [0.5, 0.6) is 5.75 Å². The Morgan fingerprint density at radius 3 is 2.26 bits per heavy atom. The highest BCUT2D eigenvalue weighted by Gasteiger charge is 2.28. The molecule has 5 rings (SSSR count). The van der Waals surface area contributed by atoms with E-state index in [1.165, 1.54) is 31.6 Å². The number of benzene rings is 2. The molecule has 0 aromatic heterocycles. The number of fused-ring (bicyclic) bond motifs is 4. The molecule has 2 aromatic rings. The topological polar surface area (TPSA) is 44.8 Å². The third-order valence-electron chi connectivity index (χ3n) is 5.46. The van der Waals surface area contributed by atoms with Gasteiger partial charge in [-0.3, -0.25) is 4.79 Å². The van der Waals surface area contributed by atoms with Crippen molar-refractivity contribution >= 4 is 29.7 Å². The van der Waals surface area contributed by atoms with E-state index in [0.717, 1.165) is 24.5 Å². The molecular weight excluding hydrogens is 362 g/mol. The lowest BCUT2D eigenvalue weighted by Gasteiger charge is -2.33. The Hall–Kier alpha value is -2.24. The average Bonchev–Trinajstić information content (AvgIpc) is 3.02. The lowest BCUT2D eigenvalue weighted by Crippen LogP contribution is -2.37. The van der Waals surface area contributed by atoms with Crippen LogP contribution < -0.4 is 15.0 Å². The van der Waals surface area contributed by atoms with Gasteiger partial charge in [0.2, 0.25) is 0 Å². The molecule has 0 spiro atoms. The summed E-state index contributed by atoms with van der Waals surface area (Å²) in [5.74, 6) is 0.635. The maximum absolute atomic E-state index is 12.4. The highest BCUT2D eigenvalue weighted by Crippen LogP contribution is 2.27. The smallest absolute Gasteiger partial charge is 0.255 e. The van der Waals surface area contributed by atoms with Gasteiger partial charge in [-0.15, -0.1) is 12.4 Å². The van der Waals surface area contributed by atoms with Crippen LogP contribution in [0.15, 0.2) is 48.5 Å². The van der Waals surface area contributed by atoms with Crippen molar-refractivity contribution in [3.63, 3.8) is 0 Å². The van der Waals surface area contributed by atoms with Crippen LogP contribution >= 0.6 is 12.4 Å². The number of anilines is 2. The molecule has 0 radical (unpaired) electrons. The first kappa shape index (κ1) is 19.5. The van der Waals surface area contributed by atoms with Gasteiger partial charge in [0.1, 0.15) is 5.75 Å². The lowest BCUT2D eigenvalue weighted by atomic mass is 10.0. The molecule has 3 heterocycles. The van der Waals surface area contributed by atoms with Crippen LogP contribution in [-0.2, 0) is 0 Å². The van der Waals surface area contributed by atoms with Crippen molar-refractivity contribution in [1.82, 2.24) is 4.90 Å². The number of hydrogen-bond acceptors (Lipinski definition) is 4. The number of nitrogens with one attached hydrogen (secondary N) is 1. The van der Waals surface area contributed by atoms with Crippen LogP contribution in [0.1, 0.15) is 23.2 Å². The third-order valence-corrected chi connectivity index (χ3v) is 5.46. The molecule has 0 saturated carbocycles. The van der Waals surface area contributed by atoms with Gasteiger partial charge < -0.3 is 19.9 Å². The molecule has 1 N–H and O–H groups in total. The number of rotatable bonds is 4. The van der Waals surface area contributed by atoms with Crippen molar-refractivity contribution in [2.24, 2.45) is 0 Å². The van der Waals surface area contributed by atoms with Gasteiger partial charge >= 0.3 is 0 Å². The largest absolute Gasteiger partial charge is 0.497 e. The number of piperidine rings is 1. The SMILES string of the molecule is COc1ccc(C(=O)Nc2ccc(N3CCN4CCC3CC4)cc2)cc1.Cl. The van der Waals surface area contributed by atoms with Gasteiger partial charge in [0.15, 0.2) is 0 Å². The normalized spacial score (nSPS) is 21.1. The molecule has 5 nitrogen and oxygen atoms in total. The van der Waals surface area contributed by atoms with E-state index in [4.69, 9.17) is 4.74 Å². The fourth-order valence-electron chi connectivity index (χ4n) is 3.91. The van der Waals surface area contributed by atoms with Crippen molar-refractivity contribution in [3.05, 3.63) is 54.1 Å².